The summed E-state index contributed by atoms with van der Waals surface area (Å²) in [7, 11) is 1.59. The Morgan fingerprint density at radius 1 is 1.40 bits per heavy atom. The molecular formula is C8H8Cl3NO2S. The lowest BCUT2D eigenvalue weighted by atomic mass is 10.1. The minimum Gasteiger partial charge on any atom is -0.224 e. The molecule has 0 saturated carbocycles. The third-order valence-corrected chi connectivity index (χ3v) is 3.52. The smallest absolute Gasteiger partial charge is 0.224 e. The first-order valence-corrected chi connectivity index (χ1v) is 7.27. The van der Waals surface area contributed by atoms with E-state index in [2.05, 4.69) is 4.98 Å². The van der Waals surface area contributed by atoms with Crippen molar-refractivity contribution in [2.75, 3.05) is 5.75 Å². The summed E-state index contributed by atoms with van der Waals surface area (Å²) in [6.45, 7) is 1.79. The lowest BCUT2D eigenvalue weighted by Crippen LogP contribution is -2.04. The maximum absolute atomic E-state index is 10.8. The molecule has 0 bridgehead atoms. The topological polar surface area (TPSA) is 47.0 Å². The van der Waals surface area contributed by atoms with Crippen LogP contribution in [-0.2, 0) is 15.5 Å². The van der Waals surface area contributed by atoms with Gasteiger partial charge in [0.2, 0.25) is 9.05 Å². The van der Waals surface area contributed by atoms with Crippen molar-refractivity contribution in [3.8, 4) is 0 Å². The Morgan fingerprint density at radius 3 is 2.47 bits per heavy atom. The maximum atomic E-state index is 10.8. The van der Waals surface area contributed by atoms with Crippen molar-refractivity contribution >= 4 is 42.9 Å². The largest absolute Gasteiger partial charge is 0.232 e. The van der Waals surface area contributed by atoms with Gasteiger partial charge in [0.15, 0.2) is 0 Å². The van der Waals surface area contributed by atoms with Crippen LogP contribution in [0.5, 0.6) is 0 Å². The first kappa shape index (κ1) is 13.0. The molecule has 0 spiro atoms. The van der Waals surface area contributed by atoms with Gasteiger partial charge in [-0.3, -0.25) is 0 Å². The molecule has 7 heteroatoms. The third-order valence-electron chi connectivity index (χ3n) is 1.86. The zero-order valence-electron chi connectivity index (χ0n) is 7.80. The molecule has 0 aromatic carbocycles. The zero-order chi connectivity index (χ0) is 11.6. The van der Waals surface area contributed by atoms with Crippen molar-refractivity contribution in [3.63, 3.8) is 0 Å². The van der Waals surface area contributed by atoms with Crippen LogP contribution >= 0.6 is 33.9 Å². The molecule has 1 aromatic heterocycles. The molecule has 1 heterocycles. The molecule has 0 aliphatic carbocycles. The van der Waals surface area contributed by atoms with Gasteiger partial charge in [-0.05, 0) is 30.5 Å². The van der Waals surface area contributed by atoms with Crippen LogP contribution in [-0.4, -0.2) is 19.2 Å². The Hall–Kier alpha value is -0.0300. The fraction of sp³-hybridized carbons (Fsp3) is 0.375. The molecular weight excluding hydrogens is 281 g/mol. The molecule has 0 saturated heterocycles. The van der Waals surface area contributed by atoms with Gasteiger partial charge < -0.3 is 0 Å². The fourth-order valence-electron chi connectivity index (χ4n) is 1.15. The van der Waals surface area contributed by atoms with Gasteiger partial charge in [0.1, 0.15) is 10.3 Å². The summed E-state index contributed by atoms with van der Waals surface area (Å²) < 4.78 is 21.5. The van der Waals surface area contributed by atoms with Gasteiger partial charge in [-0.25, -0.2) is 13.4 Å². The normalized spacial score (nSPS) is 11.7. The van der Waals surface area contributed by atoms with Crippen LogP contribution in [0.25, 0.3) is 0 Å². The van der Waals surface area contributed by atoms with Gasteiger partial charge >= 0.3 is 0 Å². The van der Waals surface area contributed by atoms with Gasteiger partial charge in [0.25, 0.3) is 0 Å². The van der Waals surface area contributed by atoms with Crippen LogP contribution in [0.4, 0.5) is 0 Å². The second kappa shape index (κ2) is 4.87. The third kappa shape index (κ3) is 4.15. The monoisotopic (exact) mass is 287 g/mol. The molecule has 0 radical (unpaired) electrons. The highest BCUT2D eigenvalue weighted by Gasteiger charge is 2.12. The van der Waals surface area contributed by atoms with Crippen LogP contribution in [0, 0.1) is 6.92 Å². The van der Waals surface area contributed by atoms with Crippen LogP contribution in [0.2, 0.25) is 10.3 Å². The van der Waals surface area contributed by atoms with Crippen LogP contribution in [0.1, 0.15) is 11.1 Å². The molecule has 1 rings (SSSR count). The van der Waals surface area contributed by atoms with Crippen molar-refractivity contribution in [3.05, 3.63) is 27.5 Å². The van der Waals surface area contributed by atoms with Gasteiger partial charge in [0.05, 0.1) is 5.75 Å². The highest BCUT2D eigenvalue weighted by atomic mass is 35.7. The first-order chi connectivity index (χ1) is 6.79. The zero-order valence-corrected chi connectivity index (χ0v) is 10.9. The number of halogens is 3. The molecule has 0 N–H and O–H groups in total. The Balaban J connectivity index is 2.96. The van der Waals surface area contributed by atoms with Gasteiger partial charge in [-0.15, -0.1) is 0 Å². The molecule has 84 valence electrons. The SMILES string of the molecule is Cc1cc(Cl)nc(Cl)c1CCS(=O)(=O)Cl. The lowest BCUT2D eigenvalue weighted by Gasteiger charge is -2.06. The van der Waals surface area contributed by atoms with E-state index in [-0.39, 0.29) is 22.5 Å². The summed E-state index contributed by atoms with van der Waals surface area (Å²) >= 11 is 11.5. The summed E-state index contributed by atoms with van der Waals surface area (Å²) in [6.07, 6.45) is 0.237. The number of nitrogens with zero attached hydrogens (tertiary/aromatic N) is 1. The van der Waals surface area contributed by atoms with Crippen LogP contribution < -0.4 is 0 Å². The predicted octanol–water partition coefficient (Wildman–Crippen LogP) is 2.81. The minimum atomic E-state index is -3.51. The molecule has 0 aliphatic rings. The minimum absolute atomic E-state index is 0.168. The van der Waals surface area contributed by atoms with E-state index in [4.69, 9.17) is 33.9 Å². The van der Waals surface area contributed by atoms with Crippen molar-refractivity contribution in [2.45, 2.75) is 13.3 Å². The summed E-state index contributed by atoms with van der Waals surface area (Å²) in [5.41, 5.74) is 1.46. The summed E-state index contributed by atoms with van der Waals surface area (Å²) in [5.74, 6) is -0.168. The maximum Gasteiger partial charge on any atom is 0.232 e. The molecule has 0 aliphatic heterocycles. The lowest BCUT2D eigenvalue weighted by molar-refractivity contribution is 0.609. The summed E-state index contributed by atoms with van der Waals surface area (Å²) in [5, 5.41) is 0.510. The highest BCUT2D eigenvalue weighted by molar-refractivity contribution is 8.13. The molecule has 0 amide bonds. The van der Waals surface area contributed by atoms with Crippen molar-refractivity contribution in [1.29, 1.82) is 0 Å². The number of hydrogen-bond acceptors (Lipinski definition) is 3. The molecule has 1 aromatic rings. The number of aryl methyl sites for hydroxylation is 1. The van der Waals surface area contributed by atoms with Crippen molar-refractivity contribution < 1.29 is 8.42 Å². The average Bonchev–Trinajstić information content (AvgIpc) is 1.99. The summed E-state index contributed by atoms with van der Waals surface area (Å²) in [4.78, 5) is 3.83. The van der Waals surface area contributed by atoms with Crippen molar-refractivity contribution in [1.82, 2.24) is 4.98 Å². The van der Waals surface area contributed by atoms with E-state index in [1.807, 2.05) is 0 Å². The fourth-order valence-corrected chi connectivity index (χ4v) is 2.45. The van der Waals surface area contributed by atoms with Gasteiger partial charge in [-0.1, -0.05) is 23.2 Å². The Bertz CT molecular complexity index is 450. The molecule has 0 fully saturated rings. The molecule has 0 unspecified atom stereocenters. The number of pyridine rings is 1. The molecule has 0 atom stereocenters. The number of rotatable bonds is 3. The summed E-state index contributed by atoms with van der Waals surface area (Å²) in [6, 6.07) is 1.63. The van der Waals surface area contributed by atoms with Crippen molar-refractivity contribution in [2.24, 2.45) is 0 Å². The van der Waals surface area contributed by atoms with E-state index >= 15 is 0 Å². The average molecular weight is 289 g/mol. The van der Waals surface area contributed by atoms with E-state index in [1.165, 1.54) is 0 Å². The van der Waals surface area contributed by atoms with Crippen LogP contribution in [0.15, 0.2) is 6.07 Å². The first-order valence-electron chi connectivity index (χ1n) is 4.03. The second-order valence-corrected chi connectivity index (χ2v) is 6.67. The molecule has 15 heavy (non-hydrogen) atoms. The van der Waals surface area contributed by atoms with E-state index in [0.717, 1.165) is 5.56 Å². The number of aromatic nitrogens is 1. The van der Waals surface area contributed by atoms with E-state index < -0.39 is 9.05 Å². The molecule has 3 nitrogen and oxygen atoms in total. The second-order valence-electron chi connectivity index (χ2n) is 3.02. The van der Waals surface area contributed by atoms with E-state index in [9.17, 15) is 8.42 Å². The Labute approximate surface area is 103 Å². The number of hydrogen-bond donors (Lipinski definition) is 0. The van der Waals surface area contributed by atoms with E-state index in [1.54, 1.807) is 13.0 Å². The predicted molar refractivity (Wildman–Crippen MR) is 62.3 cm³/mol. The van der Waals surface area contributed by atoms with Gasteiger partial charge in [-0.2, -0.15) is 0 Å². The quantitative estimate of drug-likeness (QED) is 0.635. The van der Waals surface area contributed by atoms with Crippen LogP contribution in [0.3, 0.4) is 0 Å². The highest BCUT2D eigenvalue weighted by Crippen LogP contribution is 2.22. The van der Waals surface area contributed by atoms with E-state index in [0.29, 0.717) is 5.56 Å². The Morgan fingerprint density at radius 2 is 2.00 bits per heavy atom. The Kier molecular flexibility index (Phi) is 4.23. The van der Waals surface area contributed by atoms with Gasteiger partial charge in [0, 0.05) is 10.7 Å². The standard InChI is InChI=1S/C8H8Cl3NO2S/c1-5-4-7(9)12-8(10)6(5)2-3-15(11,13)14/h4H,2-3H2,1H3.